The van der Waals surface area contributed by atoms with Crippen molar-refractivity contribution < 1.29 is 9.84 Å². The summed E-state index contributed by atoms with van der Waals surface area (Å²) in [7, 11) is 1.60. The predicted molar refractivity (Wildman–Crippen MR) is 50.0 cm³/mol. The highest BCUT2D eigenvalue weighted by molar-refractivity contribution is 5.85. The number of ether oxygens (including phenoxy) is 1. The van der Waals surface area contributed by atoms with Gasteiger partial charge in [-0.25, -0.2) is 4.98 Å². The highest BCUT2D eigenvalue weighted by atomic mass is 16.5. The molecule has 0 atom stereocenters. The minimum absolute atomic E-state index is 0.167. The monoisotopic (exact) mass is 175 g/mol. The van der Waals surface area contributed by atoms with Gasteiger partial charge in [0.15, 0.2) is 0 Å². The first-order valence-corrected chi connectivity index (χ1v) is 3.93. The third-order valence-corrected chi connectivity index (χ3v) is 1.88. The lowest BCUT2D eigenvalue weighted by Crippen LogP contribution is -1.86. The fourth-order valence-corrected chi connectivity index (χ4v) is 1.29. The van der Waals surface area contributed by atoms with Crippen LogP contribution in [0.1, 0.15) is 0 Å². The summed E-state index contributed by atoms with van der Waals surface area (Å²) in [4.78, 5) is 4.08. The molecule has 0 radical (unpaired) electrons. The highest BCUT2D eigenvalue weighted by Gasteiger charge is 2.01. The van der Waals surface area contributed by atoms with Gasteiger partial charge in [0.05, 0.1) is 13.3 Å². The standard InChI is InChI=1S/C10H9NO2/c1-13-9-4-2-3-7-5-8(12)6-11-10(7)9/h2-6,12H,1H3. The Morgan fingerprint density at radius 2 is 2.23 bits per heavy atom. The number of nitrogens with zero attached hydrogens (tertiary/aromatic N) is 1. The molecule has 0 saturated carbocycles. The van der Waals surface area contributed by atoms with E-state index in [0.717, 1.165) is 16.7 Å². The molecule has 0 amide bonds. The molecule has 66 valence electrons. The van der Waals surface area contributed by atoms with Gasteiger partial charge < -0.3 is 9.84 Å². The molecular weight excluding hydrogens is 166 g/mol. The topological polar surface area (TPSA) is 42.4 Å². The largest absolute Gasteiger partial charge is 0.506 e. The van der Waals surface area contributed by atoms with Crippen LogP contribution < -0.4 is 4.74 Å². The van der Waals surface area contributed by atoms with E-state index < -0.39 is 0 Å². The van der Waals surface area contributed by atoms with E-state index in [4.69, 9.17) is 4.74 Å². The first-order chi connectivity index (χ1) is 6.31. The van der Waals surface area contributed by atoms with Crippen molar-refractivity contribution >= 4 is 10.9 Å². The smallest absolute Gasteiger partial charge is 0.145 e. The van der Waals surface area contributed by atoms with Crippen molar-refractivity contribution in [2.24, 2.45) is 0 Å². The molecule has 2 aromatic rings. The summed E-state index contributed by atoms with van der Waals surface area (Å²) in [5, 5.41) is 10.1. The van der Waals surface area contributed by atoms with Crippen molar-refractivity contribution in [2.45, 2.75) is 0 Å². The number of benzene rings is 1. The van der Waals surface area contributed by atoms with E-state index in [0.29, 0.717) is 0 Å². The van der Waals surface area contributed by atoms with Crippen molar-refractivity contribution in [3.8, 4) is 11.5 Å². The van der Waals surface area contributed by atoms with Gasteiger partial charge in [0, 0.05) is 5.39 Å². The van der Waals surface area contributed by atoms with Crippen LogP contribution in [0.5, 0.6) is 11.5 Å². The maximum atomic E-state index is 9.19. The minimum atomic E-state index is 0.167. The van der Waals surface area contributed by atoms with Crippen molar-refractivity contribution in [3.63, 3.8) is 0 Å². The second kappa shape index (κ2) is 2.94. The third-order valence-electron chi connectivity index (χ3n) is 1.88. The second-order valence-electron chi connectivity index (χ2n) is 2.73. The van der Waals surface area contributed by atoms with E-state index in [1.54, 1.807) is 13.2 Å². The summed E-state index contributed by atoms with van der Waals surface area (Å²) in [6.07, 6.45) is 1.41. The van der Waals surface area contributed by atoms with Gasteiger partial charge in [0.1, 0.15) is 17.0 Å². The first kappa shape index (κ1) is 7.86. The number of aromatic hydroxyl groups is 1. The Kier molecular flexibility index (Phi) is 1.77. The fourth-order valence-electron chi connectivity index (χ4n) is 1.29. The van der Waals surface area contributed by atoms with Gasteiger partial charge in [-0.2, -0.15) is 0 Å². The van der Waals surface area contributed by atoms with Crippen molar-refractivity contribution in [1.29, 1.82) is 0 Å². The molecule has 1 aromatic carbocycles. The van der Waals surface area contributed by atoms with Crippen LogP contribution in [0.2, 0.25) is 0 Å². The van der Waals surface area contributed by atoms with E-state index in [1.807, 2.05) is 18.2 Å². The third kappa shape index (κ3) is 1.28. The van der Waals surface area contributed by atoms with Crippen LogP contribution in [0.3, 0.4) is 0 Å². The van der Waals surface area contributed by atoms with Crippen LogP contribution in [-0.2, 0) is 0 Å². The van der Waals surface area contributed by atoms with Gasteiger partial charge >= 0.3 is 0 Å². The Balaban J connectivity index is 2.77. The molecule has 0 aliphatic rings. The zero-order chi connectivity index (χ0) is 9.26. The molecule has 0 spiro atoms. The Labute approximate surface area is 75.6 Å². The highest BCUT2D eigenvalue weighted by Crippen LogP contribution is 2.25. The number of methoxy groups -OCH3 is 1. The molecule has 1 heterocycles. The van der Waals surface area contributed by atoms with Gasteiger partial charge in [0.25, 0.3) is 0 Å². The Hall–Kier alpha value is -1.77. The summed E-state index contributed by atoms with van der Waals surface area (Å²) in [5.41, 5.74) is 0.766. The number of para-hydroxylation sites is 1. The molecule has 13 heavy (non-hydrogen) atoms. The number of hydrogen-bond donors (Lipinski definition) is 1. The van der Waals surface area contributed by atoms with E-state index >= 15 is 0 Å². The van der Waals surface area contributed by atoms with Crippen molar-refractivity contribution in [2.75, 3.05) is 7.11 Å². The Morgan fingerprint density at radius 1 is 1.38 bits per heavy atom. The average molecular weight is 175 g/mol. The summed E-state index contributed by atoms with van der Waals surface area (Å²) >= 11 is 0. The van der Waals surface area contributed by atoms with Crippen LogP contribution in [0.25, 0.3) is 10.9 Å². The molecule has 0 aliphatic carbocycles. The van der Waals surface area contributed by atoms with Gasteiger partial charge in [-0.3, -0.25) is 0 Å². The number of fused-ring (bicyclic) bond motifs is 1. The Morgan fingerprint density at radius 3 is 3.00 bits per heavy atom. The number of pyridine rings is 1. The lowest BCUT2D eigenvalue weighted by atomic mass is 10.2. The van der Waals surface area contributed by atoms with Gasteiger partial charge in [-0.15, -0.1) is 0 Å². The van der Waals surface area contributed by atoms with Gasteiger partial charge in [-0.1, -0.05) is 12.1 Å². The molecule has 1 aromatic heterocycles. The summed E-state index contributed by atoms with van der Waals surface area (Å²) in [6, 6.07) is 7.24. The lowest BCUT2D eigenvalue weighted by molar-refractivity contribution is 0.418. The number of rotatable bonds is 1. The molecule has 0 fully saturated rings. The lowest BCUT2D eigenvalue weighted by Gasteiger charge is -2.03. The summed E-state index contributed by atoms with van der Waals surface area (Å²) in [6.45, 7) is 0. The quantitative estimate of drug-likeness (QED) is 0.720. The average Bonchev–Trinajstić information content (AvgIpc) is 2.16. The predicted octanol–water partition coefficient (Wildman–Crippen LogP) is 1.95. The Bertz CT molecular complexity index is 440. The van der Waals surface area contributed by atoms with E-state index in [2.05, 4.69) is 4.98 Å². The SMILES string of the molecule is COc1cccc2cc(O)cnc12. The molecule has 1 N–H and O–H groups in total. The molecule has 0 bridgehead atoms. The van der Waals surface area contributed by atoms with Crippen LogP contribution in [0.4, 0.5) is 0 Å². The fraction of sp³-hybridized carbons (Fsp3) is 0.100. The molecule has 0 aliphatic heterocycles. The normalized spacial score (nSPS) is 10.2. The number of aromatic nitrogens is 1. The molecule has 3 nitrogen and oxygen atoms in total. The van der Waals surface area contributed by atoms with Crippen LogP contribution >= 0.6 is 0 Å². The van der Waals surface area contributed by atoms with Crippen LogP contribution in [-0.4, -0.2) is 17.2 Å². The van der Waals surface area contributed by atoms with E-state index in [-0.39, 0.29) is 5.75 Å². The number of hydrogen-bond acceptors (Lipinski definition) is 3. The molecule has 0 saturated heterocycles. The van der Waals surface area contributed by atoms with Gasteiger partial charge in [0.2, 0.25) is 0 Å². The molecule has 0 unspecified atom stereocenters. The molecular formula is C10H9NO2. The van der Waals surface area contributed by atoms with Crippen LogP contribution in [0, 0.1) is 0 Å². The van der Waals surface area contributed by atoms with Gasteiger partial charge in [-0.05, 0) is 12.1 Å². The van der Waals surface area contributed by atoms with Crippen molar-refractivity contribution in [3.05, 3.63) is 30.5 Å². The van der Waals surface area contributed by atoms with Crippen LogP contribution in [0.15, 0.2) is 30.5 Å². The second-order valence-corrected chi connectivity index (χ2v) is 2.73. The maximum Gasteiger partial charge on any atom is 0.145 e. The van der Waals surface area contributed by atoms with Crippen molar-refractivity contribution in [1.82, 2.24) is 4.98 Å². The summed E-state index contributed by atoms with van der Waals surface area (Å²) < 4.78 is 5.12. The van der Waals surface area contributed by atoms with E-state index in [1.165, 1.54) is 6.20 Å². The molecule has 2 rings (SSSR count). The zero-order valence-corrected chi connectivity index (χ0v) is 7.19. The first-order valence-electron chi connectivity index (χ1n) is 3.93. The van der Waals surface area contributed by atoms with E-state index in [9.17, 15) is 5.11 Å². The molecule has 3 heteroatoms. The minimum Gasteiger partial charge on any atom is -0.506 e. The summed E-state index contributed by atoms with van der Waals surface area (Å²) in [5.74, 6) is 0.887. The maximum absolute atomic E-state index is 9.19. The zero-order valence-electron chi connectivity index (χ0n) is 7.19.